The minimum Gasteiger partial charge on any atom is -0.467 e. The fourth-order valence-electron chi connectivity index (χ4n) is 4.30. The van der Waals surface area contributed by atoms with E-state index in [2.05, 4.69) is 5.32 Å². The summed E-state index contributed by atoms with van der Waals surface area (Å²) in [5.41, 5.74) is -0.554. The molecule has 4 rings (SSSR count). The van der Waals surface area contributed by atoms with Crippen LogP contribution in [0, 0.1) is 0 Å². The minimum absolute atomic E-state index is 0.0390. The van der Waals surface area contributed by atoms with E-state index in [0.717, 1.165) is 30.3 Å². The summed E-state index contributed by atoms with van der Waals surface area (Å²) in [5.74, 6) is 0.157. The van der Waals surface area contributed by atoms with Gasteiger partial charge in [0, 0.05) is 26.1 Å². The van der Waals surface area contributed by atoms with Crippen LogP contribution in [0.25, 0.3) is 10.2 Å². The van der Waals surface area contributed by atoms with Crippen LogP contribution in [0.5, 0.6) is 0 Å². The SMILES string of the molecule is CN(C(=O)Cn1c(=O)n(CCC(=O)NCc2ccco2)c(=O)c2sccc21)C1CCCCC1. The summed E-state index contributed by atoms with van der Waals surface area (Å²) in [4.78, 5) is 53.1. The molecule has 0 aromatic carbocycles. The Morgan fingerprint density at radius 3 is 2.70 bits per heavy atom. The van der Waals surface area contributed by atoms with Crippen molar-refractivity contribution in [2.75, 3.05) is 7.05 Å². The highest BCUT2D eigenvalue weighted by Crippen LogP contribution is 2.22. The van der Waals surface area contributed by atoms with Crippen molar-refractivity contribution in [3.05, 3.63) is 56.4 Å². The van der Waals surface area contributed by atoms with Crippen molar-refractivity contribution in [1.82, 2.24) is 19.4 Å². The molecular weight excluding hydrogens is 444 g/mol. The zero-order valence-corrected chi connectivity index (χ0v) is 19.4. The molecule has 1 fully saturated rings. The highest BCUT2D eigenvalue weighted by Gasteiger charge is 2.24. The van der Waals surface area contributed by atoms with E-state index in [1.807, 2.05) is 0 Å². The third-order valence-corrected chi connectivity index (χ3v) is 7.14. The first-order valence-corrected chi connectivity index (χ1v) is 12.1. The summed E-state index contributed by atoms with van der Waals surface area (Å²) in [5, 5.41) is 4.44. The standard InChI is InChI=1S/C23H28N4O5S/c1-25(16-6-3-2-4-7-16)20(29)15-27-18-10-13-33-21(18)22(30)26(23(27)31)11-9-19(28)24-14-17-8-5-12-32-17/h5,8,10,12-13,16H,2-4,6-7,9,11,14-15H2,1H3,(H,24,28). The number of amides is 2. The number of nitrogens with zero attached hydrogens (tertiary/aromatic N) is 3. The van der Waals surface area contributed by atoms with Crippen molar-refractivity contribution in [3.63, 3.8) is 0 Å². The van der Waals surface area contributed by atoms with E-state index < -0.39 is 11.2 Å². The molecule has 1 N–H and O–H groups in total. The molecule has 1 aliphatic carbocycles. The Kier molecular flexibility index (Phi) is 7.12. The van der Waals surface area contributed by atoms with Gasteiger partial charge in [0.15, 0.2) is 0 Å². The molecule has 3 aromatic rings. The minimum atomic E-state index is -0.574. The molecule has 2 amide bonds. The Morgan fingerprint density at radius 1 is 1.18 bits per heavy atom. The molecule has 3 heterocycles. The Balaban J connectivity index is 1.51. The number of fused-ring (bicyclic) bond motifs is 1. The van der Waals surface area contributed by atoms with Crippen molar-refractivity contribution in [1.29, 1.82) is 0 Å². The number of likely N-dealkylation sites (N-methyl/N-ethyl adjacent to an activating group) is 1. The summed E-state index contributed by atoms with van der Waals surface area (Å²) >= 11 is 1.23. The molecule has 33 heavy (non-hydrogen) atoms. The summed E-state index contributed by atoms with van der Waals surface area (Å²) < 4.78 is 8.00. The van der Waals surface area contributed by atoms with Crippen LogP contribution in [-0.4, -0.2) is 38.9 Å². The van der Waals surface area contributed by atoms with Gasteiger partial charge in [-0.3, -0.25) is 23.5 Å². The van der Waals surface area contributed by atoms with Gasteiger partial charge in [0.1, 0.15) is 17.0 Å². The molecule has 0 atom stereocenters. The number of hydrogen-bond acceptors (Lipinski definition) is 6. The lowest BCUT2D eigenvalue weighted by molar-refractivity contribution is -0.133. The summed E-state index contributed by atoms with van der Waals surface area (Å²) in [6, 6.07) is 5.35. The molecule has 9 nitrogen and oxygen atoms in total. The zero-order valence-electron chi connectivity index (χ0n) is 18.6. The van der Waals surface area contributed by atoms with Gasteiger partial charge in [-0.25, -0.2) is 4.79 Å². The van der Waals surface area contributed by atoms with Gasteiger partial charge in [0.2, 0.25) is 11.8 Å². The first-order valence-electron chi connectivity index (χ1n) is 11.2. The lowest BCUT2D eigenvalue weighted by Gasteiger charge is -2.31. The van der Waals surface area contributed by atoms with Crippen molar-refractivity contribution in [2.24, 2.45) is 0 Å². The highest BCUT2D eigenvalue weighted by atomic mass is 32.1. The number of carbonyl (C=O) groups is 2. The number of rotatable bonds is 8. The van der Waals surface area contributed by atoms with Crippen molar-refractivity contribution >= 4 is 33.4 Å². The monoisotopic (exact) mass is 472 g/mol. The summed E-state index contributed by atoms with van der Waals surface area (Å²) in [7, 11) is 1.79. The Bertz CT molecular complexity index is 1230. The van der Waals surface area contributed by atoms with Crippen molar-refractivity contribution in [2.45, 2.75) is 64.2 Å². The van der Waals surface area contributed by atoms with Gasteiger partial charge in [0.05, 0.1) is 18.3 Å². The lowest BCUT2D eigenvalue weighted by atomic mass is 9.94. The Labute approximate surface area is 194 Å². The number of nitrogens with one attached hydrogen (secondary N) is 1. The smallest absolute Gasteiger partial charge is 0.332 e. The van der Waals surface area contributed by atoms with Crippen molar-refractivity contribution in [3.8, 4) is 0 Å². The number of carbonyl (C=O) groups excluding carboxylic acids is 2. The van der Waals surface area contributed by atoms with Crippen LogP contribution in [0.1, 0.15) is 44.3 Å². The predicted molar refractivity (Wildman–Crippen MR) is 125 cm³/mol. The zero-order chi connectivity index (χ0) is 23.4. The van der Waals surface area contributed by atoms with Gasteiger partial charge in [-0.2, -0.15) is 0 Å². The van der Waals surface area contributed by atoms with Crippen LogP contribution < -0.4 is 16.6 Å². The molecule has 0 bridgehead atoms. The first-order chi connectivity index (χ1) is 16.0. The molecular formula is C23H28N4O5S. The van der Waals surface area contributed by atoms with Crippen LogP contribution in [0.3, 0.4) is 0 Å². The van der Waals surface area contributed by atoms with Crippen LogP contribution >= 0.6 is 11.3 Å². The molecule has 1 saturated carbocycles. The van der Waals surface area contributed by atoms with Crippen LogP contribution in [-0.2, 0) is 29.2 Å². The second-order valence-electron chi connectivity index (χ2n) is 8.36. The van der Waals surface area contributed by atoms with Crippen LogP contribution in [0.15, 0.2) is 43.8 Å². The molecule has 0 unspecified atom stereocenters. The maximum atomic E-state index is 13.2. The summed E-state index contributed by atoms with van der Waals surface area (Å²) in [6.07, 6.45) is 6.81. The Hall–Kier alpha value is -3.14. The molecule has 176 valence electrons. The molecule has 0 aliphatic heterocycles. The van der Waals surface area contributed by atoms with Gasteiger partial charge in [-0.15, -0.1) is 11.3 Å². The van der Waals surface area contributed by atoms with Crippen LogP contribution in [0.2, 0.25) is 0 Å². The average molecular weight is 473 g/mol. The van der Waals surface area contributed by atoms with E-state index in [-0.39, 0.29) is 43.9 Å². The highest BCUT2D eigenvalue weighted by molar-refractivity contribution is 7.17. The fourth-order valence-corrected chi connectivity index (χ4v) is 5.15. The first kappa shape index (κ1) is 23.0. The molecule has 0 radical (unpaired) electrons. The number of hydrogen-bond donors (Lipinski definition) is 1. The predicted octanol–water partition coefficient (Wildman–Crippen LogP) is 2.32. The number of thiophene rings is 1. The van der Waals surface area contributed by atoms with E-state index in [0.29, 0.717) is 16.0 Å². The van der Waals surface area contributed by atoms with Crippen LogP contribution in [0.4, 0.5) is 0 Å². The topological polar surface area (TPSA) is 107 Å². The number of furan rings is 1. The normalized spacial score (nSPS) is 14.5. The lowest BCUT2D eigenvalue weighted by Crippen LogP contribution is -2.45. The molecule has 0 spiro atoms. The second-order valence-corrected chi connectivity index (χ2v) is 9.28. The molecule has 0 saturated heterocycles. The van der Waals surface area contributed by atoms with E-state index >= 15 is 0 Å². The number of aromatic nitrogens is 2. The van der Waals surface area contributed by atoms with Gasteiger partial charge >= 0.3 is 5.69 Å². The second kappa shape index (κ2) is 10.2. The quantitative estimate of drug-likeness (QED) is 0.542. The van der Waals surface area contributed by atoms with Gasteiger partial charge < -0.3 is 14.6 Å². The Morgan fingerprint density at radius 2 is 1.97 bits per heavy atom. The van der Waals surface area contributed by atoms with Gasteiger partial charge in [0.25, 0.3) is 5.56 Å². The largest absolute Gasteiger partial charge is 0.467 e. The molecule has 1 aliphatic rings. The van der Waals surface area contributed by atoms with E-state index in [1.165, 1.54) is 28.6 Å². The fraction of sp³-hybridized carbons (Fsp3) is 0.478. The molecule has 10 heteroatoms. The van der Waals surface area contributed by atoms with E-state index in [9.17, 15) is 19.2 Å². The van der Waals surface area contributed by atoms with E-state index in [4.69, 9.17) is 4.42 Å². The third-order valence-electron chi connectivity index (χ3n) is 6.25. The maximum Gasteiger partial charge on any atom is 0.332 e. The van der Waals surface area contributed by atoms with Gasteiger partial charge in [-0.05, 0) is 36.4 Å². The third kappa shape index (κ3) is 5.11. The molecule has 3 aromatic heterocycles. The average Bonchev–Trinajstić information content (AvgIpc) is 3.53. The van der Waals surface area contributed by atoms with Crippen molar-refractivity contribution < 1.29 is 14.0 Å². The summed E-state index contributed by atoms with van der Waals surface area (Å²) in [6.45, 7) is 0.0309. The van der Waals surface area contributed by atoms with E-state index in [1.54, 1.807) is 35.5 Å². The van der Waals surface area contributed by atoms with Gasteiger partial charge in [-0.1, -0.05) is 19.3 Å². The maximum absolute atomic E-state index is 13.2.